The molecule has 0 saturated carbocycles. The van der Waals surface area contributed by atoms with Crippen molar-refractivity contribution in [3.8, 4) is 0 Å². The summed E-state index contributed by atoms with van der Waals surface area (Å²) in [5.74, 6) is 0.669. The Morgan fingerprint density at radius 2 is 2.53 bits per heavy atom. The number of carbonyl (C=O) groups is 1. The minimum atomic E-state index is -0.157. The van der Waals surface area contributed by atoms with Crippen molar-refractivity contribution >= 4 is 34.0 Å². The van der Waals surface area contributed by atoms with Crippen molar-refractivity contribution in [2.45, 2.75) is 24.3 Å². The van der Waals surface area contributed by atoms with E-state index >= 15 is 0 Å². The molecule has 2 aromatic rings. The highest BCUT2D eigenvalue weighted by Gasteiger charge is 2.11. The molecule has 0 bridgehead atoms. The fourth-order valence-electron chi connectivity index (χ4n) is 1.45. The summed E-state index contributed by atoms with van der Waals surface area (Å²) in [6, 6.07) is 0. The number of rotatable bonds is 5. The molecule has 6 heteroatoms. The van der Waals surface area contributed by atoms with E-state index in [-0.39, 0.29) is 11.2 Å². The van der Waals surface area contributed by atoms with Crippen LogP contribution in [-0.4, -0.2) is 27.7 Å². The van der Waals surface area contributed by atoms with Crippen LogP contribution in [0.25, 0.3) is 4.96 Å². The smallest absolute Gasteiger partial charge is 0.306 e. The van der Waals surface area contributed by atoms with E-state index in [4.69, 9.17) is 0 Å². The van der Waals surface area contributed by atoms with Crippen molar-refractivity contribution in [2.24, 2.45) is 0 Å². The molecule has 0 amide bonds. The first-order chi connectivity index (χ1) is 8.19. The van der Waals surface area contributed by atoms with Crippen molar-refractivity contribution < 1.29 is 9.53 Å². The van der Waals surface area contributed by atoms with Gasteiger partial charge in [-0.15, -0.1) is 11.3 Å². The number of hydrogen-bond donors (Lipinski definition) is 0. The molecule has 0 radical (unpaired) electrons. The molecule has 2 aromatic heterocycles. The lowest BCUT2D eigenvalue weighted by atomic mass is 10.3. The van der Waals surface area contributed by atoms with E-state index < -0.39 is 0 Å². The lowest BCUT2D eigenvalue weighted by Crippen LogP contribution is -2.08. The van der Waals surface area contributed by atoms with Crippen LogP contribution in [0.5, 0.6) is 0 Å². The second-order valence-electron chi connectivity index (χ2n) is 3.73. The van der Waals surface area contributed by atoms with Crippen molar-refractivity contribution in [3.63, 3.8) is 0 Å². The predicted octanol–water partition coefficient (Wildman–Crippen LogP) is 2.58. The molecule has 0 saturated heterocycles. The molecule has 0 aliphatic heterocycles. The first kappa shape index (κ1) is 12.4. The molecule has 0 aliphatic rings. The number of nitrogens with zero attached hydrogens (tertiary/aromatic N) is 2. The third-order valence-corrected chi connectivity index (χ3v) is 4.31. The van der Waals surface area contributed by atoms with Gasteiger partial charge in [0.05, 0.1) is 19.2 Å². The Morgan fingerprint density at radius 3 is 3.24 bits per heavy atom. The number of esters is 1. The third kappa shape index (κ3) is 3.23. The van der Waals surface area contributed by atoms with E-state index in [2.05, 4.69) is 9.72 Å². The normalized spacial score (nSPS) is 12.8. The summed E-state index contributed by atoms with van der Waals surface area (Å²) < 4.78 is 6.66. The van der Waals surface area contributed by atoms with Gasteiger partial charge in [-0.25, -0.2) is 4.98 Å². The maximum absolute atomic E-state index is 11.1. The SMILES string of the molecule is COC(=O)CC(C)SCc1cn2ccsc2n1. The number of aromatic nitrogens is 2. The highest BCUT2D eigenvalue weighted by molar-refractivity contribution is 7.99. The molecule has 0 aliphatic carbocycles. The summed E-state index contributed by atoms with van der Waals surface area (Å²) in [4.78, 5) is 16.6. The molecule has 1 atom stereocenters. The van der Waals surface area contributed by atoms with Crippen LogP contribution in [0.3, 0.4) is 0 Å². The Hall–Kier alpha value is -1.01. The number of thiazole rings is 1. The van der Waals surface area contributed by atoms with Gasteiger partial charge < -0.3 is 4.74 Å². The Bertz CT molecular complexity index is 478. The topological polar surface area (TPSA) is 43.6 Å². The van der Waals surface area contributed by atoms with E-state index in [1.54, 1.807) is 23.1 Å². The highest BCUT2D eigenvalue weighted by atomic mass is 32.2. The van der Waals surface area contributed by atoms with Crippen LogP contribution in [0.15, 0.2) is 17.8 Å². The van der Waals surface area contributed by atoms with Gasteiger partial charge in [-0.3, -0.25) is 9.20 Å². The number of fused-ring (bicyclic) bond motifs is 1. The summed E-state index contributed by atoms with van der Waals surface area (Å²) in [5.41, 5.74) is 1.05. The van der Waals surface area contributed by atoms with Gasteiger partial charge in [0.15, 0.2) is 4.96 Å². The van der Waals surface area contributed by atoms with Gasteiger partial charge in [0.1, 0.15) is 0 Å². The zero-order valence-corrected chi connectivity index (χ0v) is 11.4. The quantitative estimate of drug-likeness (QED) is 0.783. The van der Waals surface area contributed by atoms with E-state index in [0.717, 1.165) is 16.4 Å². The molecule has 0 spiro atoms. The van der Waals surface area contributed by atoms with Crippen molar-refractivity contribution in [2.75, 3.05) is 7.11 Å². The molecule has 92 valence electrons. The minimum absolute atomic E-state index is 0.157. The Balaban J connectivity index is 1.85. The van der Waals surface area contributed by atoms with E-state index in [1.807, 2.05) is 29.1 Å². The van der Waals surface area contributed by atoms with E-state index in [0.29, 0.717) is 6.42 Å². The summed E-state index contributed by atoms with van der Waals surface area (Å²) in [6.45, 7) is 2.03. The number of carbonyl (C=O) groups excluding carboxylic acids is 1. The number of thioether (sulfide) groups is 1. The molecule has 0 N–H and O–H groups in total. The monoisotopic (exact) mass is 270 g/mol. The zero-order valence-electron chi connectivity index (χ0n) is 9.75. The second kappa shape index (κ2) is 5.55. The largest absolute Gasteiger partial charge is 0.469 e. The van der Waals surface area contributed by atoms with Crippen molar-refractivity contribution in [1.29, 1.82) is 0 Å². The average molecular weight is 270 g/mol. The summed E-state index contributed by atoms with van der Waals surface area (Å²) >= 11 is 3.34. The maximum Gasteiger partial charge on any atom is 0.306 e. The van der Waals surface area contributed by atoms with Crippen molar-refractivity contribution in [3.05, 3.63) is 23.5 Å². The Morgan fingerprint density at radius 1 is 1.71 bits per heavy atom. The van der Waals surface area contributed by atoms with Gasteiger partial charge in [-0.05, 0) is 0 Å². The maximum atomic E-state index is 11.1. The minimum Gasteiger partial charge on any atom is -0.469 e. The lowest BCUT2D eigenvalue weighted by molar-refractivity contribution is -0.140. The first-order valence-corrected chi connectivity index (χ1v) is 7.21. The summed E-state index contributed by atoms with van der Waals surface area (Å²) in [6.07, 6.45) is 4.48. The van der Waals surface area contributed by atoms with Crippen LogP contribution < -0.4 is 0 Å². The Labute approximate surface area is 108 Å². The van der Waals surface area contributed by atoms with Gasteiger partial charge >= 0.3 is 5.97 Å². The fraction of sp³-hybridized carbons (Fsp3) is 0.455. The van der Waals surface area contributed by atoms with Crippen LogP contribution in [-0.2, 0) is 15.3 Å². The van der Waals surface area contributed by atoms with E-state index in [9.17, 15) is 4.79 Å². The fourth-order valence-corrected chi connectivity index (χ4v) is 3.02. The van der Waals surface area contributed by atoms with Crippen LogP contribution >= 0.6 is 23.1 Å². The van der Waals surface area contributed by atoms with Gasteiger partial charge in [-0.1, -0.05) is 6.92 Å². The molecule has 2 heterocycles. The highest BCUT2D eigenvalue weighted by Crippen LogP contribution is 2.21. The molecule has 2 rings (SSSR count). The van der Waals surface area contributed by atoms with Gasteiger partial charge in [-0.2, -0.15) is 11.8 Å². The van der Waals surface area contributed by atoms with E-state index in [1.165, 1.54) is 7.11 Å². The number of ether oxygens (including phenoxy) is 1. The van der Waals surface area contributed by atoms with Crippen molar-refractivity contribution in [1.82, 2.24) is 9.38 Å². The summed E-state index contributed by atoms with van der Waals surface area (Å²) in [7, 11) is 1.42. The third-order valence-electron chi connectivity index (χ3n) is 2.34. The Kier molecular flexibility index (Phi) is 4.06. The summed E-state index contributed by atoms with van der Waals surface area (Å²) in [5, 5.41) is 2.27. The molecule has 0 aromatic carbocycles. The molecular formula is C11H14N2O2S2. The van der Waals surface area contributed by atoms with Crippen LogP contribution in [0, 0.1) is 0 Å². The molecular weight excluding hydrogens is 256 g/mol. The molecule has 17 heavy (non-hydrogen) atoms. The average Bonchev–Trinajstić information content (AvgIpc) is 2.86. The van der Waals surface area contributed by atoms with Crippen LogP contribution in [0.1, 0.15) is 19.0 Å². The molecule has 1 unspecified atom stereocenters. The van der Waals surface area contributed by atoms with Gasteiger partial charge in [0.25, 0.3) is 0 Å². The van der Waals surface area contributed by atoms with Gasteiger partial charge in [0, 0.05) is 28.8 Å². The number of imidazole rings is 1. The van der Waals surface area contributed by atoms with Crippen LogP contribution in [0.4, 0.5) is 0 Å². The van der Waals surface area contributed by atoms with Crippen LogP contribution in [0.2, 0.25) is 0 Å². The number of methoxy groups -OCH3 is 1. The first-order valence-electron chi connectivity index (χ1n) is 5.28. The standard InChI is InChI=1S/C11H14N2O2S2/c1-8(5-10(14)15-2)17-7-9-6-13-3-4-16-11(13)12-9/h3-4,6,8H,5,7H2,1-2H3. The zero-order chi connectivity index (χ0) is 12.3. The molecule has 0 fully saturated rings. The van der Waals surface area contributed by atoms with Gasteiger partial charge in [0.2, 0.25) is 0 Å². The number of hydrogen-bond acceptors (Lipinski definition) is 5. The lowest BCUT2D eigenvalue weighted by Gasteiger charge is -2.07. The molecule has 4 nitrogen and oxygen atoms in total. The predicted molar refractivity (Wildman–Crippen MR) is 70.5 cm³/mol. The second-order valence-corrected chi connectivity index (χ2v) is 6.03.